The monoisotopic (exact) mass is 105 g/mol. The quantitative estimate of drug-likeness (QED) is 0.402. The number of nitrogens with two attached hydrogens (primary N) is 1. The molecule has 3 nitrogen and oxygen atoms in total. The number of rotatable bonds is 0. The molecular formula is C2H3NO2S. The van der Waals surface area contributed by atoms with E-state index < -0.39 is 11.0 Å². The zero-order chi connectivity index (χ0) is 5.15. The fourth-order valence-corrected chi connectivity index (χ4v) is 0. The molecule has 0 radical (unpaired) electrons. The van der Waals surface area contributed by atoms with Crippen LogP contribution in [0.1, 0.15) is 0 Å². The zero-order valence-corrected chi connectivity index (χ0v) is 3.66. The Labute approximate surface area is 39.8 Å². The van der Waals surface area contributed by atoms with Gasteiger partial charge in [-0.05, 0) is 0 Å². The molecule has 0 heterocycles. The Balaban J connectivity index is 3.57. The SMILES string of the molecule is NC(=S)C(=O)O. The Morgan fingerprint density at radius 2 is 2.00 bits per heavy atom. The fourth-order valence-electron chi connectivity index (χ4n) is 0. The van der Waals surface area contributed by atoms with Crippen molar-refractivity contribution < 1.29 is 9.90 Å². The molecule has 0 atom stereocenters. The third kappa shape index (κ3) is 1.66. The van der Waals surface area contributed by atoms with E-state index in [1.54, 1.807) is 0 Å². The summed E-state index contributed by atoms with van der Waals surface area (Å²) in [6.07, 6.45) is 0. The molecule has 0 rings (SSSR count). The Bertz CT molecular complexity index is 77.5. The van der Waals surface area contributed by atoms with E-state index in [4.69, 9.17) is 5.11 Å². The Morgan fingerprint density at radius 1 is 1.83 bits per heavy atom. The van der Waals surface area contributed by atoms with Gasteiger partial charge in [-0.25, -0.2) is 4.79 Å². The lowest BCUT2D eigenvalue weighted by molar-refractivity contribution is -0.129. The molecule has 6 heavy (non-hydrogen) atoms. The summed E-state index contributed by atoms with van der Waals surface area (Å²) >= 11 is 4.00. The maximum absolute atomic E-state index is 9.43. The van der Waals surface area contributed by atoms with Crippen molar-refractivity contribution in [2.75, 3.05) is 0 Å². The minimum atomic E-state index is -1.23. The summed E-state index contributed by atoms with van der Waals surface area (Å²) < 4.78 is 0. The lowest BCUT2D eigenvalue weighted by Crippen LogP contribution is -2.19. The summed E-state index contributed by atoms with van der Waals surface area (Å²) in [4.78, 5) is 8.94. The van der Waals surface area contributed by atoms with Crippen molar-refractivity contribution in [1.82, 2.24) is 0 Å². The highest BCUT2D eigenvalue weighted by atomic mass is 32.1. The summed E-state index contributed by atoms with van der Waals surface area (Å²) in [7, 11) is 0. The molecule has 0 aromatic carbocycles. The molecule has 3 N–H and O–H groups in total. The van der Waals surface area contributed by atoms with Crippen LogP contribution in [0, 0.1) is 0 Å². The summed E-state index contributed by atoms with van der Waals surface area (Å²) in [5.41, 5.74) is 4.57. The van der Waals surface area contributed by atoms with Crippen LogP contribution in [0.25, 0.3) is 0 Å². The molecular weight excluding hydrogens is 102 g/mol. The molecule has 0 fully saturated rings. The third-order valence-corrected chi connectivity index (χ3v) is 0.385. The average Bonchev–Trinajstić information content (AvgIpc) is 1.36. The van der Waals surface area contributed by atoms with Gasteiger partial charge in [-0.2, -0.15) is 0 Å². The fraction of sp³-hybridized carbons (Fsp3) is 0. The highest BCUT2D eigenvalue weighted by Crippen LogP contribution is 1.59. The molecule has 0 aliphatic carbocycles. The van der Waals surface area contributed by atoms with Crippen molar-refractivity contribution in [1.29, 1.82) is 0 Å². The van der Waals surface area contributed by atoms with Crippen molar-refractivity contribution >= 4 is 23.2 Å². The second-order valence-electron chi connectivity index (χ2n) is 0.669. The Kier molecular flexibility index (Phi) is 1.53. The number of carbonyl (C=O) groups is 1. The standard InChI is InChI=1S/C2H3NO2S/c3-1(6)2(4)5/h(H2,3,6)(H,4,5). The average molecular weight is 105 g/mol. The Morgan fingerprint density at radius 3 is 2.00 bits per heavy atom. The van der Waals surface area contributed by atoms with Gasteiger partial charge < -0.3 is 10.8 Å². The van der Waals surface area contributed by atoms with E-state index in [9.17, 15) is 4.79 Å². The van der Waals surface area contributed by atoms with Crippen LogP contribution in [-0.4, -0.2) is 16.1 Å². The lowest BCUT2D eigenvalue weighted by atomic mass is 10.7. The summed E-state index contributed by atoms with van der Waals surface area (Å²) in [5.74, 6) is -1.23. The number of carboxylic acids is 1. The van der Waals surface area contributed by atoms with Gasteiger partial charge in [0.1, 0.15) is 0 Å². The maximum Gasteiger partial charge on any atom is 0.363 e. The van der Waals surface area contributed by atoms with Crippen LogP contribution in [0.4, 0.5) is 0 Å². The summed E-state index contributed by atoms with van der Waals surface area (Å²) in [6, 6.07) is 0. The number of aliphatic carboxylic acids is 1. The van der Waals surface area contributed by atoms with Crippen LogP contribution in [0.2, 0.25) is 0 Å². The van der Waals surface area contributed by atoms with Gasteiger partial charge in [0.2, 0.25) is 0 Å². The van der Waals surface area contributed by atoms with Gasteiger partial charge in [0.25, 0.3) is 0 Å². The lowest BCUT2D eigenvalue weighted by Gasteiger charge is -1.78. The van der Waals surface area contributed by atoms with Gasteiger partial charge in [0.15, 0.2) is 4.99 Å². The molecule has 0 saturated heterocycles. The molecule has 0 saturated carbocycles. The number of hydrogen-bond acceptors (Lipinski definition) is 2. The van der Waals surface area contributed by atoms with E-state index in [0.717, 1.165) is 0 Å². The molecule has 0 bridgehead atoms. The highest BCUT2D eigenvalue weighted by Gasteiger charge is 1.94. The topological polar surface area (TPSA) is 63.3 Å². The van der Waals surface area contributed by atoms with Crippen molar-refractivity contribution in [2.24, 2.45) is 5.73 Å². The van der Waals surface area contributed by atoms with E-state index in [1.165, 1.54) is 0 Å². The summed E-state index contributed by atoms with van der Waals surface area (Å²) in [5, 5.41) is 7.72. The maximum atomic E-state index is 9.43. The first-order valence-corrected chi connectivity index (χ1v) is 1.58. The predicted octanol–water partition coefficient (Wildman–Crippen LogP) is -0.643. The molecule has 34 valence electrons. The second kappa shape index (κ2) is 1.71. The van der Waals surface area contributed by atoms with E-state index in [0.29, 0.717) is 0 Å². The van der Waals surface area contributed by atoms with Crippen LogP contribution in [0.15, 0.2) is 0 Å². The van der Waals surface area contributed by atoms with Crippen LogP contribution in [0.5, 0.6) is 0 Å². The van der Waals surface area contributed by atoms with Crippen molar-refractivity contribution in [3.63, 3.8) is 0 Å². The molecule has 0 amide bonds. The summed E-state index contributed by atoms with van der Waals surface area (Å²) in [6.45, 7) is 0. The van der Waals surface area contributed by atoms with E-state index >= 15 is 0 Å². The highest BCUT2D eigenvalue weighted by molar-refractivity contribution is 7.81. The predicted molar refractivity (Wildman–Crippen MR) is 24.4 cm³/mol. The number of carboxylic acid groups (broad SMARTS) is 1. The van der Waals surface area contributed by atoms with E-state index in [2.05, 4.69) is 18.0 Å². The zero-order valence-electron chi connectivity index (χ0n) is 2.84. The van der Waals surface area contributed by atoms with Crippen LogP contribution in [-0.2, 0) is 4.79 Å². The number of hydrogen-bond donors (Lipinski definition) is 2. The third-order valence-electron chi connectivity index (χ3n) is 0.211. The molecule has 0 aromatic heterocycles. The Hall–Kier alpha value is -0.640. The first kappa shape index (κ1) is 5.36. The van der Waals surface area contributed by atoms with Crippen LogP contribution < -0.4 is 5.73 Å². The van der Waals surface area contributed by atoms with E-state index in [-0.39, 0.29) is 0 Å². The van der Waals surface area contributed by atoms with Crippen LogP contribution in [0.3, 0.4) is 0 Å². The van der Waals surface area contributed by atoms with Crippen LogP contribution >= 0.6 is 12.2 Å². The molecule has 0 aliphatic rings. The van der Waals surface area contributed by atoms with E-state index in [1.807, 2.05) is 0 Å². The van der Waals surface area contributed by atoms with Gasteiger partial charge in [-0.3, -0.25) is 0 Å². The van der Waals surface area contributed by atoms with Gasteiger partial charge in [0.05, 0.1) is 0 Å². The molecule has 4 heteroatoms. The van der Waals surface area contributed by atoms with Crippen molar-refractivity contribution in [2.45, 2.75) is 0 Å². The molecule has 0 spiro atoms. The van der Waals surface area contributed by atoms with Crippen molar-refractivity contribution in [3.8, 4) is 0 Å². The normalized spacial score (nSPS) is 7.33. The van der Waals surface area contributed by atoms with Gasteiger partial charge in [-0.15, -0.1) is 0 Å². The molecule has 0 unspecified atom stereocenters. The number of thiocarbonyl (C=S) groups is 1. The van der Waals surface area contributed by atoms with Gasteiger partial charge >= 0.3 is 5.97 Å². The minimum Gasteiger partial charge on any atom is -0.476 e. The first-order chi connectivity index (χ1) is 2.64. The smallest absolute Gasteiger partial charge is 0.363 e. The second-order valence-corrected chi connectivity index (χ2v) is 1.11. The largest absolute Gasteiger partial charge is 0.476 e. The minimum absolute atomic E-state index is 0.491. The molecule has 0 aliphatic heterocycles. The van der Waals surface area contributed by atoms with Gasteiger partial charge in [0, 0.05) is 0 Å². The molecule has 0 aromatic rings. The first-order valence-electron chi connectivity index (χ1n) is 1.17. The van der Waals surface area contributed by atoms with Gasteiger partial charge in [-0.1, -0.05) is 12.2 Å². The van der Waals surface area contributed by atoms with Crippen molar-refractivity contribution in [3.05, 3.63) is 0 Å².